The number of hydrogen-bond donors (Lipinski definition) is 1. The summed E-state index contributed by atoms with van der Waals surface area (Å²) in [5.74, 6) is 0.417. The van der Waals surface area contributed by atoms with Crippen molar-refractivity contribution in [1.29, 1.82) is 0 Å². The van der Waals surface area contributed by atoms with Gasteiger partial charge in [0, 0.05) is 13.2 Å². The lowest BCUT2D eigenvalue weighted by Crippen LogP contribution is -2.41. The van der Waals surface area contributed by atoms with Crippen LogP contribution in [0.15, 0.2) is 0 Å². The minimum absolute atomic E-state index is 0.0603. The van der Waals surface area contributed by atoms with Gasteiger partial charge in [0.2, 0.25) is 0 Å². The quantitative estimate of drug-likeness (QED) is 0.614. The minimum Gasteiger partial charge on any atom is -0.388 e. The van der Waals surface area contributed by atoms with Crippen molar-refractivity contribution in [3.63, 3.8) is 0 Å². The molecule has 4 nitrogen and oxygen atoms in total. The Morgan fingerprint density at radius 2 is 1.56 bits per heavy atom. The normalized spacial score (nSPS) is 17.2. The van der Waals surface area contributed by atoms with Crippen LogP contribution < -0.4 is 0 Å². The zero-order chi connectivity index (χ0) is 14.1. The van der Waals surface area contributed by atoms with Gasteiger partial charge in [-0.15, -0.1) is 0 Å². The summed E-state index contributed by atoms with van der Waals surface area (Å²) in [6.45, 7) is 13.6. The van der Waals surface area contributed by atoms with E-state index in [1.807, 2.05) is 27.7 Å². The van der Waals surface area contributed by atoms with Gasteiger partial charge in [0.05, 0.1) is 12.7 Å². The summed E-state index contributed by atoms with van der Waals surface area (Å²) in [5, 5.41) is 10.1. The lowest BCUT2D eigenvalue weighted by Gasteiger charge is -2.31. The van der Waals surface area contributed by atoms with Crippen molar-refractivity contribution >= 4 is 0 Å². The highest BCUT2D eigenvalue weighted by Gasteiger charge is 2.28. The fraction of sp³-hybridized carbons (Fsp3) is 1.00. The largest absolute Gasteiger partial charge is 0.388 e. The van der Waals surface area contributed by atoms with Crippen LogP contribution in [-0.4, -0.2) is 43.4 Å². The molecule has 0 aromatic rings. The Balaban J connectivity index is 4.49. The molecule has 3 unspecified atom stereocenters. The van der Waals surface area contributed by atoms with E-state index >= 15 is 0 Å². The molecule has 0 saturated heterocycles. The van der Waals surface area contributed by atoms with Gasteiger partial charge in [-0.3, -0.25) is 0 Å². The monoisotopic (exact) mass is 262 g/mol. The van der Waals surface area contributed by atoms with Crippen LogP contribution in [0.1, 0.15) is 41.5 Å². The number of aliphatic hydroxyl groups is 1. The maximum absolute atomic E-state index is 10.1. The van der Waals surface area contributed by atoms with Crippen molar-refractivity contribution < 1.29 is 19.3 Å². The van der Waals surface area contributed by atoms with Crippen molar-refractivity contribution in [2.24, 2.45) is 11.8 Å². The smallest absolute Gasteiger partial charge is 0.184 e. The Bertz CT molecular complexity index is 194. The Labute approximate surface area is 112 Å². The van der Waals surface area contributed by atoms with Crippen molar-refractivity contribution in [3.8, 4) is 0 Å². The first-order valence-electron chi connectivity index (χ1n) is 6.96. The van der Waals surface area contributed by atoms with Crippen molar-refractivity contribution in [3.05, 3.63) is 0 Å². The van der Waals surface area contributed by atoms with Crippen molar-refractivity contribution in [2.75, 3.05) is 19.8 Å². The highest BCUT2D eigenvalue weighted by Crippen LogP contribution is 2.17. The van der Waals surface area contributed by atoms with Crippen LogP contribution in [0.3, 0.4) is 0 Å². The molecule has 0 fully saturated rings. The van der Waals surface area contributed by atoms with Crippen LogP contribution in [0.5, 0.6) is 0 Å². The van der Waals surface area contributed by atoms with Gasteiger partial charge in [-0.05, 0) is 25.7 Å². The summed E-state index contributed by atoms with van der Waals surface area (Å²) >= 11 is 0. The van der Waals surface area contributed by atoms with Gasteiger partial charge in [0.25, 0.3) is 0 Å². The minimum atomic E-state index is -0.618. The number of rotatable bonds is 10. The summed E-state index contributed by atoms with van der Waals surface area (Å²) < 4.78 is 16.8. The second-order valence-corrected chi connectivity index (χ2v) is 5.14. The molecule has 0 rings (SSSR count). The van der Waals surface area contributed by atoms with Crippen molar-refractivity contribution in [2.45, 2.75) is 60.0 Å². The summed E-state index contributed by atoms with van der Waals surface area (Å²) in [4.78, 5) is 0. The standard InChI is InChI=1S/C14H30O4/c1-7-16-9-12(10(3)4)18-14(17-8-2)13(15)11(5)6/h10-15H,7-9H2,1-6H3. The van der Waals surface area contributed by atoms with E-state index in [1.165, 1.54) is 0 Å². The molecule has 18 heavy (non-hydrogen) atoms. The third-order valence-electron chi connectivity index (χ3n) is 2.83. The van der Waals surface area contributed by atoms with Crippen LogP contribution in [0.25, 0.3) is 0 Å². The average molecular weight is 262 g/mol. The van der Waals surface area contributed by atoms with Crippen LogP contribution in [0, 0.1) is 11.8 Å². The van der Waals surface area contributed by atoms with Crippen LogP contribution >= 0.6 is 0 Å². The molecule has 0 heterocycles. The maximum atomic E-state index is 10.1. The fourth-order valence-corrected chi connectivity index (χ4v) is 1.49. The molecule has 0 amide bonds. The molecule has 0 spiro atoms. The molecular formula is C14H30O4. The Morgan fingerprint density at radius 1 is 0.944 bits per heavy atom. The van der Waals surface area contributed by atoms with Gasteiger partial charge in [-0.2, -0.15) is 0 Å². The first kappa shape index (κ1) is 17.8. The highest BCUT2D eigenvalue weighted by atomic mass is 16.7. The van der Waals surface area contributed by atoms with Gasteiger partial charge in [-0.25, -0.2) is 0 Å². The second kappa shape index (κ2) is 9.73. The summed E-state index contributed by atoms with van der Waals surface area (Å²) in [7, 11) is 0. The van der Waals surface area contributed by atoms with Gasteiger partial charge in [0.15, 0.2) is 6.29 Å². The molecule has 0 aliphatic heterocycles. The van der Waals surface area contributed by atoms with Gasteiger partial charge in [0.1, 0.15) is 6.10 Å². The van der Waals surface area contributed by atoms with E-state index in [-0.39, 0.29) is 12.0 Å². The molecule has 0 radical (unpaired) electrons. The van der Waals surface area contributed by atoms with E-state index in [4.69, 9.17) is 14.2 Å². The molecule has 0 saturated carbocycles. The zero-order valence-corrected chi connectivity index (χ0v) is 12.7. The Morgan fingerprint density at radius 3 is 1.94 bits per heavy atom. The third kappa shape index (κ3) is 6.69. The first-order valence-corrected chi connectivity index (χ1v) is 6.96. The van der Waals surface area contributed by atoms with Gasteiger partial charge >= 0.3 is 0 Å². The highest BCUT2D eigenvalue weighted by molar-refractivity contribution is 4.69. The molecule has 0 aliphatic rings. The van der Waals surface area contributed by atoms with E-state index in [0.717, 1.165) is 0 Å². The third-order valence-corrected chi connectivity index (χ3v) is 2.83. The summed E-state index contributed by atoms with van der Waals surface area (Å²) in [6.07, 6.45) is -1.26. The topological polar surface area (TPSA) is 47.9 Å². The van der Waals surface area contributed by atoms with Crippen LogP contribution in [0.2, 0.25) is 0 Å². The molecule has 0 bridgehead atoms. The number of ether oxygens (including phenoxy) is 3. The Hall–Kier alpha value is -0.160. The maximum Gasteiger partial charge on any atom is 0.184 e. The van der Waals surface area contributed by atoms with E-state index < -0.39 is 12.4 Å². The molecule has 0 aromatic carbocycles. The summed E-state index contributed by atoms with van der Waals surface area (Å²) in [5.41, 5.74) is 0. The van der Waals surface area contributed by atoms with E-state index in [9.17, 15) is 5.11 Å². The van der Waals surface area contributed by atoms with Gasteiger partial charge in [-0.1, -0.05) is 27.7 Å². The molecule has 0 aliphatic carbocycles. The fourth-order valence-electron chi connectivity index (χ4n) is 1.49. The lowest BCUT2D eigenvalue weighted by molar-refractivity contribution is -0.236. The van der Waals surface area contributed by atoms with Crippen LogP contribution in [0.4, 0.5) is 0 Å². The zero-order valence-electron chi connectivity index (χ0n) is 12.7. The lowest BCUT2D eigenvalue weighted by atomic mass is 10.1. The molecular weight excluding hydrogens is 232 g/mol. The molecule has 0 aromatic heterocycles. The molecule has 3 atom stereocenters. The average Bonchev–Trinajstić information content (AvgIpc) is 2.31. The second-order valence-electron chi connectivity index (χ2n) is 5.14. The molecule has 110 valence electrons. The SMILES string of the molecule is CCOCC(OC(OCC)C(O)C(C)C)C(C)C. The van der Waals surface area contributed by atoms with E-state index in [0.29, 0.717) is 25.7 Å². The van der Waals surface area contributed by atoms with E-state index in [2.05, 4.69) is 13.8 Å². The Kier molecular flexibility index (Phi) is 9.64. The number of aliphatic hydroxyl groups excluding tert-OH is 1. The summed E-state index contributed by atoms with van der Waals surface area (Å²) in [6, 6.07) is 0. The predicted octanol–water partition coefficient (Wildman–Crippen LogP) is 2.44. The predicted molar refractivity (Wildman–Crippen MR) is 72.5 cm³/mol. The number of hydrogen-bond acceptors (Lipinski definition) is 4. The van der Waals surface area contributed by atoms with E-state index in [1.54, 1.807) is 0 Å². The van der Waals surface area contributed by atoms with Crippen LogP contribution in [-0.2, 0) is 14.2 Å². The van der Waals surface area contributed by atoms with Gasteiger partial charge < -0.3 is 19.3 Å². The molecule has 1 N–H and O–H groups in total. The first-order chi connectivity index (χ1) is 8.43. The molecule has 4 heteroatoms. The van der Waals surface area contributed by atoms with Crippen molar-refractivity contribution in [1.82, 2.24) is 0 Å².